The van der Waals surface area contributed by atoms with Crippen molar-refractivity contribution in [2.45, 2.75) is 32.7 Å². The van der Waals surface area contributed by atoms with Crippen molar-refractivity contribution in [1.82, 2.24) is 14.9 Å². The fraction of sp³-hybridized carbons (Fsp3) is 0.267. The topological polar surface area (TPSA) is 105 Å². The number of amides is 1. The van der Waals surface area contributed by atoms with Crippen molar-refractivity contribution in [2.24, 2.45) is 0 Å². The number of alkyl halides is 2. The molecule has 0 saturated heterocycles. The maximum Gasteiger partial charge on any atom is 0.290 e. The van der Waals surface area contributed by atoms with Crippen LogP contribution in [-0.2, 0) is 16.0 Å². The maximum absolute atomic E-state index is 14.8. The van der Waals surface area contributed by atoms with Crippen molar-refractivity contribution < 1.29 is 32.6 Å². The minimum Gasteiger partial charge on any atom is -0.496 e. The van der Waals surface area contributed by atoms with Gasteiger partial charge in [0.1, 0.15) is 23.2 Å². The highest BCUT2D eigenvalue weighted by atomic mass is 19.3. The first kappa shape index (κ1) is 30.9. The van der Waals surface area contributed by atoms with Gasteiger partial charge in [0.05, 0.1) is 30.7 Å². The molecule has 0 saturated carbocycles. The zero-order valence-electron chi connectivity index (χ0n) is 23.3. The van der Waals surface area contributed by atoms with Gasteiger partial charge in [-0.2, -0.15) is 0 Å². The second kappa shape index (κ2) is 13.6. The number of anilines is 1. The van der Waals surface area contributed by atoms with Gasteiger partial charge in [0.2, 0.25) is 5.91 Å². The number of hydrogen-bond acceptors (Lipinski definition) is 6. The number of ether oxygens (including phenoxy) is 1. The van der Waals surface area contributed by atoms with Crippen LogP contribution in [0.25, 0.3) is 22.0 Å². The van der Waals surface area contributed by atoms with Crippen LogP contribution in [0.2, 0.25) is 0 Å². The van der Waals surface area contributed by atoms with E-state index in [-0.39, 0.29) is 24.4 Å². The van der Waals surface area contributed by atoms with Gasteiger partial charge in [-0.1, -0.05) is 36.4 Å². The summed E-state index contributed by atoms with van der Waals surface area (Å²) in [6.45, 7) is 3.19. The quantitative estimate of drug-likeness (QED) is 0.244. The molecule has 41 heavy (non-hydrogen) atoms. The fourth-order valence-corrected chi connectivity index (χ4v) is 4.28. The molecule has 2 N–H and O–H groups in total. The predicted octanol–water partition coefficient (Wildman–Crippen LogP) is 6.20. The first-order chi connectivity index (χ1) is 19.5. The number of aryl methyl sites for hydroxylation is 1. The summed E-state index contributed by atoms with van der Waals surface area (Å²) >= 11 is 0. The lowest BCUT2D eigenvalue weighted by Gasteiger charge is -2.19. The Morgan fingerprint density at radius 1 is 1.07 bits per heavy atom. The second-order valence-corrected chi connectivity index (χ2v) is 9.37. The predicted molar refractivity (Wildman–Crippen MR) is 151 cm³/mol. The molecule has 0 aliphatic rings. The normalized spacial score (nSPS) is 11.4. The number of carboxylic acid groups (broad SMARTS) is 1. The van der Waals surface area contributed by atoms with E-state index in [0.29, 0.717) is 28.3 Å². The Morgan fingerprint density at radius 2 is 1.71 bits per heavy atom. The van der Waals surface area contributed by atoms with Gasteiger partial charge in [-0.3, -0.25) is 9.59 Å². The van der Waals surface area contributed by atoms with Crippen LogP contribution in [-0.4, -0.2) is 53.6 Å². The van der Waals surface area contributed by atoms with E-state index in [4.69, 9.17) is 14.6 Å². The van der Waals surface area contributed by atoms with Crippen LogP contribution < -0.4 is 10.1 Å². The van der Waals surface area contributed by atoms with Gasteiger partial charge in [0, 0.05) is 30.6 Å². The summed E-state index contributed by atoms with van der Waals surface area (Å²) in [5, 5.41) is 10.8. The van der Waals surface area contributed by atoms with E-state index in [9.17, 15) is 18.0 Å². The Bertz CT molecular complexity index is 1550. The summed E-state index contributed by atoms with van der Waals surface area (Å²) in [6, 6.07) is 14.7. The third-order valence-electron chi connectivity index (χ3n) is 6.38. The number of hydrogen-bond donors (Lipinski definition) is 2. The third-order valence-corrected chi connectivity index (χ3v) is 6.38. The molecule has 0 aliphatic heterocycles. The molecular formula is C30H31F3N4O4. The number of nitrogens with one attached hydrogen (secondary N) is 1. The Hall–Kier alpha value is -4.67. The molecule has 8 nitrogen and oxygen atoms in total. The van der Waals surface area contributed by atoms with Crippen molar-refractivity contribution in [3.63, 3.8) is 0 Å². The lowest BCUT2D eigenvalue weighted by molar-refractivity contribution is -0.128. The van der Waals surface area contributed by atoms with Gasteiger partial charge in [0.25, 0.3) is 12.9 Å². The second-order valence-electron chi connectivity index (χ2n) is 9.37. The summed E-state index contributed by atoms with van der Waals surface area (Å²) in [7, 11) is 4.97. The van der Waals surface area contributed by atoms with E-state index < -0.39 is 23.8 Å². The summed E-state index contributed by atoms with van der Waals surface area (Å²) in [5.41, 5.74) is 2.66. The zero-order valence-corrected chi connectivity index (χ0v) is 23.3. The smallest absolute Gasteiger partial charge is 0.290 e. The SMILES string of the molecule is COc1cc(-c2ccc3nc(C)nc(N[C@H](C)c4cccc(C(F)F)c4F)c3c2)ccc1CC(=O)N(C)C.O=CO. The number of fused-ring (bicyclic) bond motifs is 1. The number of nitrogens with zero attached hydrogens (tertiary/aromatic N) is 3. The monoisotopic (exact) mass is 568 g/mol. The number of carbonyl (C=O) groups excluding carboxylic acids is 1. The number of methoxy groups -OCH3 is 1. The number of halogens is 3. The van der Waals surface area contributed by atoms with Crippen LogP contribution in [0.1, 0.15) is 41.9 Å². The summed E-state index contributed by atoms with van der Waals surface area (Å²) in [5.74, 6) is 0.606. The van der Waals surface area contributed by atoms with E-state index in [0.717, 1.165) is 22.8 Å². The molecule has 0 aliphatic carbocycles. The minimum absolute atomic E-state index is 0.0327. The van der Waals surface area contributed by atoms with Crippen LogP contribution in [0.5, 0.6) is 5.75 Å². The van der Waals surface area contributed by atoms with Crippen LogP contribution in [0.15, 0.2) is 54.6 Å². The molecule has 0 fully saturated rings. The minimum atomic E-state index is -2.91. The van der Waals surface area contributed by atoms with Crippen molar-refractivity contribution in [2.75, 3.05) is 26.5 Å². The molecule has 4 rings (SSSR count). The molecule has 216 valence electrons. The standard InChI is InChI=1S/C29H29F3N4O2.CH2O2/c1-16(21-7-6-8-22(27(21)30)28(31)32)33-29-23-13-18(11-12-24(23)34-17(2)35-29)19-9-10-20(25(14-19)38-5)15-26(37)36(3)4;2-1-3/h6-14,16,28H,15H2,1-5H3,(H,33,34,35);1H,(H,2,3)/t16-;/m1./s1. The summed E-state index contributed by atoms with van der Waals surface area (Å²) < 4.78 is 46.8. The Morgan fingerprint density at radius 3 is 2.34 bits per heavy atom. The van der Waals surface area contributed by atoms with Crippen molar-refractivity contribution in [1.29, 1.82) is 0 Å². The number of likely N-dealkylation sites (N-methyl/N-ethyl adjacent to an activating group) is 1. The molecule has 0 unspecified atom stereocenters. The molecule has 11 heteroatoms. The van der Waals surface area contributed by atoms with Gasteiger partial charge in [-0.25, -0.2) is 23.1 Å². The summed E-state index contributed by atoms with van der Waals surface area (Å²) in [6.07, 6.45) is -2.69. The highest BCUT2D eigenvalue weighted by Gasteiger charge is 2.20. The number of rotatable bonds is 8. The first-order valence-corrected chi connectivity index (χ1v) is 12.6. The Kier molecular flexibility index (Phi) is 10.2. The average molecular weight is 569 g/mol. The molecule has 1 atom stereocenters. The number of aromatic nitrogens is 2. The Labute approximate surface area is 235 Å². The van der Waals surface area contributed by atoms with Gasteiger partial charge in [0.15, 0.2) is 0 Å². The lowest BCUT2D eigenvalue weighted by atomic mass is 9.99. The van der Waals surface area contributed by atoms with Crippen LogP contribution in [0.3, 0.4) is 0 Å². The van der Waals surface area contributed by atoms with E-state index in [1.165, 1.54) is 17.0 Å². The molecule has 1 aromatic heterocycles. The molecule has 3 aromatic carbocycles. The van der Waals surface area contributed by atoms with Gasteiger partial charge in [-0.15, -0.1) is 0 Å². The lowest BCUT2D eigenvalue weighted by Crippen LogP contribution is -2.23. The van der Waals surface area contributed by atoms with E-state index >= 15 is 0 Å². The largest absolute Gasteiger partial charge is 0.496 e. The fourth-order valence-electron chi connectivity index (χ4n) is 4.28. The number of carbonyl (C=O) groups is 2. The Balaban J connectivity index is 0.00000147. The van der Waals surface area contributed by atoms with Gasteiger partial charge < -0.3 is 20.1 Å². The van der Waals surface area contributed by atoms with E-state index in [1.54, 1.807) is 35.1 Å². The molecule has 0 bridgehead atoms. The molecule has 0 spiro atoms. The van der Waals surface area contributed by atoms with Crippen molar-refractivity contribution >= 4 is 29.1 Å². The van der Waals surface area contributed by atoms with Gasteiger partial charge in [-0.05, 0) is 43.2 Å². The highest BCUT2D eigenvalue weighted by Crippen LogP contribution is 2.34. The van der Waals surface area contributed by atoms with Gasteiger partial charge >= 0.3 is 0 Å². The zero-order chi connectivity index (χ0) is 30.3. The highest BCUT2D eigenvalue weighted by molar-refractivity contribution is 5.93. The van der Waals surface area contributed by atoms with Crippen LogP contribution in [0.4, 0.5) is 19.0 Å². The maximum atomic E-state index is 14.8. The van der Waals surface area contributed by atoms with E-state index in [1.807, 2.05) is 36.4 Å². The average Bonchev–Trinajstić information content (AvgIpc) is 2.93. The van der Waals surface area contributed by atoms with Crippen LogP contribution in [0, 0.1) is 12.7 Å². The van der Waals surface area contributed by atoms with E-state index in [2.05, 4.69) is 15.3 Å². The number of benzene rings is 3. The summed E-state index contributed by atoms with van der Waals surface area (Å²) in [4.78, 5) is 31.1. The van der Waals surface area contributed by atoms with Crippen molar-refractivity contribution in [3.8, 4) is 16.9 Å². The molecule has 0 radical (unpaired) electrons. The first-order valence-electron chi connectivity index (χ1n) is 12.6. The van der Waals surface area contributed by atoms with Crippen molar-refractivity contribution in [3.05, 3.63) is 82.9 Å². The molecule has 1 amide bonds. The third kappa shape index (κ3) is 7.30. The molecule has 1 heterocycles. The molecule has 4 aromatic rings. The molecular weight excluding hydrogens is 537 g/mol. The van der Waals surface area contributed by atoms with Crippen LogP contribution >= 0.6 is 0 Å².